The summed E-state index contributed by atoms with van der Waals surface area (Å²) in [5.74, 6) is 0.0751. The topological polar surface area (TPSA) is 91.2 Å². The minimum absolute atomic E-state index is 0.0757. The van der Waals surface area contributed by atoms with Crippen molar-refractivity contribution in [3.8, 4) is 11.8 Å². The number of hydrogen-bond acceptors (Lipinski definition) is 5. The molecule has 160 valence electrons. The Morgan fingerprint density at radius 2 is 2.06 bits per heavy atom. The Morgan fingerprint density at radius 3 is 2.71 bits per heavy atom. The van der Waals surface area contributed by atoms with Crippen molar-refractivity contribution in [2.24, 2.45) is 0 Å². The molecular weight excluding hydrogens is 478 g/mol. The molecule has 1 aliphatic rings. The molecule has 1 atom stereocenters. The Kier molecular flexibility index (Phi) is 7.77. The number of carbonyl (C=O) groups is 2. The van der Waals surface area contributed by atoms with Crippen LogP contribution in [0.5, 0.6) is 5.75 Å². The van der Waals surface area contributed by atoms with Crippen LogP contribution >= 0.6 is 27.7 Å². The van der Waals surface area contributed by atoms with E-state index in [1.165, 1.54) is 0 Å². The summed E-state index contributed by atoms with van der Waals surface area (Å²) in [6, 6.07) is 15.2. The summed E-state index contributed by atoms with van der Waals surface area (Å²) in [4.78, 5) is 24.7. The van der Waals surface area contributed by atoms with Crippen LogP contribution in [0.1, 0.15) is 30.4 Å². The predicted molar refractivity (Wildman–Crippen MR) is 126 cm³/mol. The van der Waals surface area contributed by atoms with Crippen LogP contribution in [0.3, 0.4) is 0 Å². The van der Waals surface area contributed by atoms with E-state index >= 15 is 0 Å². The minimum atomic E-state index is -0.353. The molecule has 2 amide bonds. The van der Waals surface area contributed by atoms with Gasteiger partial charge in [0.15, 0.2) is 0 Å². The fourth-order valence-electron chi connectivity index (χ4n) is 3.27. The van der Waals surface area contributed by atoms with Crippen molar-refractivity contribution in [2.45, 2.75) is 26.2 Å². The molecule has 0 aliphatic carbocycles. The second-order valence-electron chi connectivity index (χ2n) is 6.96. The van der Waals surface area contributed by atoms with Crippen molar-refractivity contribution < 1.29 is 14.3 Å². The highest BCUT2D eigenvalue weighted by atomic mass is 79.9. The third-order valence-corrected chi connectivity index (χ3v) is 6.27. The van der Waals surface area contributed by atoms with Gasteiger partial charge in [-0.25, -0.2) is 0 Å². The van der Waals surface area contributed by atoms with Gasteiger partial charge in [0.1, 0.15) is 5.75 Å². The van der Waals surface area contributed by atoms with Gasteiger partial charge in [0, 0.05) is 22.5 Å². The highest BCUT2D eigenvalue weighted by Crippen LogP contribution is 2.36. The van der Waals surface area contributed by atoms with Gasteiger partial charge in [0.2, 0.25) is 11.8 Å². The van der Waals surface area contributed by atoms with Gasteiger partial charge >= 0.3 is 0 Å². The zero-order valence-corrected chi connectivity index (χ0v) is 19.6. The fourth-order valence-corrected chi connectivity index (χ4v) is 4.62. The number of rotatable bonds is 7. The lowest BCUT2D eigenvalue weighted by molar-refractivity contribution is -0.121. The summed E-state index contributed by atoms with van der Waals surface area (Å²) in [6.45, 7) is 4.39. The van der Waals surface area contributed by atoms with E-state index in [0.717, 1.165) is 38.8 Å². The molecule has 0 bridgehead atoms. The molecule has 1 aliphatic heterocycles. The molecule has 1 heterocycles. The Hall–Kier alpha value is -2.76. The number of aryl methyl sites for hydroxylation is 1. The number of thioether (sulfide) groups is 1. The van der Waals surface area contributed by atoms with Crippen LogP contribution in [0.15, 0.2) is 57.5 Å². The first kappa shape index (κ1) is 22.9. The van der Waals surface area contributed by atoms with E-state index in [1.54, 1.807) is 0 Å². The second-order valence-corrected chi connectivity index (χ2v) is 8.86. The molecule has 2 aromatic rings. The quantitative estimate of drug-likeness (QED) is 0.566. The normalized spacial score (nSPS) is 15.8. The van der Waals surface area contributed by atoms with Crippen molar-refractivity contribution in [3.05, 3.63) is 68.7 Å². The van der Waals surface area contributed by atoms with E-state index in [-0.39, 0.29) is 29.9 Å². The number of carbonyl (C=O) groups excluding carboxylic acids is 2. The van der Waals surface area contributed by atoms with Gasteiger partial charge in [-0.3, -0.25) is 9.59 Å². The van der Waals surface area contributed by atoms with E-state index < -0.39 is 0 Å². The van der Waals surface area contributed by atoms with Crippen LogP contribution < -0.4 is 15.4 Å². The summed E-state index contributed by atoms with van der Waals surface area (Å²) in [5, 5.41) is 15.8. The maximum Gasteiger partial charge on any atom is 0.234 e. The lowest BCUT2D eigenvalue weighted by atomic mass is 9.87. The van der Waals surface area contributed by atoms with E-state index in [4.69, 9.17) is 4.74 Å². The first-order chi connectivity index (χ1) is 14.9. The highest BCUT2D eigenvalue weighted by molar-refractivity contribution is 9.10. The minimum Gasteiger partial charge on any atom is -0.494 e. The van der Waals surface area contributed by atoms with E-state index in [2.05, 4.69) is 32.6 Å². The highest BCUT2D eigenvalue weighted by Gasteiger charge is 2.30. The Labute approximate surface area is 194 Å². The van der Waals surface area contributed by atoms with Crippen molar-refractivity contribution in [3.63, 3.8) is 0 Å². The van der Waals surface area contributed by atoms with Gasteiger partial charge in [0.05, 0.1) is 29.0 Å². The first-order valence-corrected chi connectivity index (χ1v) is 11.5. The molecule has 0 aromatic heterocycles. The molecular formula is C23H22BrN3O3S. The van der Waals surface area contributed by atoms with E-state index in [9.17, 15) is 14.9 Å². The zero-order valence-electron chi connectivity index (χ0n) is 17.2. The molecule has 31 heavy (non-hydrogen) atoms. The molecule has 0 fully saturated rings. The number of ether oxygens (including phenoxy) is 1. The number of nitrogens with one attached hydrogen (secondary N) is 2. The molecule has 6 nitrogen and oxygen atoms in total. The van der Waals surface area contributed by atoms with Crippen LogP contribution in [0.25, 0.3) is 0 Å². The molecule has 0 spiro atoms. The van der Waals surface area contributed by atoms with Gasteiger partial charge in [-0.05, 0) is 55.3 Å². The van der Waals surface area contributed by atoms with Gasteiger partial charge < -0.3 is 15.4 Å². The van der Waals surface area contributed by atoms with Crippen LogP contribution in [0.2, 0.25) is 0 Å². The Morgan fingerprint density at radius 1 is 1.32 bits per heavy atom. The summed E-state index contributed by atoms with van der Waals surface area (Å²) in [7, 11) is 0. The summed E-state index contributed by atoms with van der Waals surface area (Å²) < 4.78 is 6.40. The van der Waals surface area contributed by atoms with Crippen molar-refractivity contribution in [1.82, 2.24) is 5.32 Å². The lowest BCUT2D eigenvalue weighted by Crippen LogP contribution is -2.31. The number of nitrogens with zero attached hydrogens (tertiary/aromatic N) is 1. The van der Waals surface area contributed by atoms with Crippen LogP contribution in [-0.4, -0.2) is 24.2 Å². The molecule has 0 saturated carbocycles. The molecule has 8 heteroatoms. The summed E-state index contributed by atoms with van der Waals surface area (Å²) in [6.07, 6.45) is 0.186. The number of allylic oxidation sites excluding steroid dienone is 1. The van der Waals surface area contributed by atoms with E-state index in [0.29, 0.717) is 17.2 Å². The Bertz CT molecular complexity index is 1060. The van der Waals surface area contributed by atoms with Crippen LogP contribution in [0, 0.1) is 18.3 Å². The number of hydrogen-bond donors (Lipinski definition) is 2. The van der Waals surface area contributed by atoms with Gasteiger partial charge in [-0.2, -0.15) is 5.26 Å². The Balaban J connectivity index is 1.74. The SMILES string of the molecule is CCOc1ccc([C@@H]2CC(=O)NC(SCC(=O)Nc3ccc(Br)cc3C)=C2C#N)cc1. The summed E-state index contributed by atoms with van der Waals surface area (Å²) in [5.41, 5.74) is 2.98. The zero-order chi connectivity index (χ0) is 22.4. The fraction of sp³-hybridized carbons (Fsp3) is 0.261. The van der Waals surface area contributed by atoms with Crippen LogP contribution in [0.4, 0.5) is 5.69 Å². The predicted octanol–water partition coefficient (Wildman–Crippen LogP) is 4.87. The number of anilines is 1. The lowest BCUT2D eigenvalue weighted by Gasteiger charge is -2.25. The van der Waals surface area contributed by atoms with E-state index in [1.807, 2.05) is 56.3 Å². The maximum atomic E-state index is 12.4. The second kappa shape index (κ2) is 10.5. The smallest absolute Gasteiger partial charge is 0.234 e. The average molecular weight is 500 g/mol. The number of halogens is 1. The van der Waals surface area contributed by atoms with Crippen molar-refractivity contribution >= 4 is 45.2 Å². The standard InChI is InChI=1S/C23H22BrN3O3S/c1-3-30-17-7-4-15(5-8-17)18-11-21(28)27-23(19(18)12-25)31-13-22(29)26-20-9-6-16(24)10-14(20)2/h4-10,18H,3,11,13H2,1-2H3,(H,26,29)(H,27,28)/t18-/m0/s1. The van der Waals surface area contributed by atoms with Crippen LogP contribution in [-0.2, 0) is 9.59 Å². The van der Waals surface area contributed by atoms with Gasteiger partial charge in [0.25, 0.3) is 0 Å². The average Bonchev–Trinajstić information content (AvgIpc) is 2.74. The third kappa shape index (κ3) is 5.90. The number of amides is 2. The van der Waals surface area contributed by atoms with Crippen molar-refractivity contribution in [2.75, 3.05) is 17.7 Å². The molecule has 2 aromatic carbocycles. The van der Waals surface area contributed by atoms with Gasteiger partial charge in [-0.1, -0.05) is 39.8 Å². The molecule has 0 saturated heterocycles. The molecule has 0 radical (unpaired) electrons. The first-order valence-electron chi connectivity index (χ1n) is 9.77. The maximum absolute atomic E-state index is 12.4. The molecule has 2 N–H and O–H groups in total. The molecule has 3 rings (SSSR count). The molecule has 0 unspecified atom stereocenters. The third-order valence-electron chi connectivity index (χ3n) is 4.76. The summed E-state index contributed by atoms with van der Waals surface area (Å²) >= 11 is 4.56. The van der Waals surface area contributed by atoms with Gasteiger partial charge in [-0.15, -0.1) is 0 Å². The largest absolute Gasteiger partial charge is 0.494 e. The number of benzene rings is 2. The van der Waals surface area contributed by atoms with Crippen molar-refractivity contribution in [1.29, 1.82) is 5.26 Å². The number of nitriles is 1. The monoisotopic (exact) mass is 499 g/mol.